The Balaban J connectivity index is 1.87. The van der Waals surface area contributed by atoms with E-state index in [4.69, 9.17) is 0 Å². The Labute approximate surface area is 207 Å². The van der Waals surface area contributed by atoms with Crippen molar-refractivity contribution in [2.75, 3.05) is 13.6 Å². The smallest absolute Gasteiger partial charge is 0.243 e. The quantitative estimate of drug-likeness (QED) is 0.464. The Hall–Kier alpha value is -3.23. The number of carbonyl (C=O) groups excluding carboxylic acids is 2. The highest BCUT2D eigenvalue weighted by Gasteiger charge is 2.32. The molecule has 8 heteroatoms. The number of fused-ring (bicyclic) bond motifs is 1. The van der Waals surface area contributed by atoms with E-state index in [1.807, 2.05) is 75.4 Å². The molecule has 0 spiro atoms. The standard InChI is InChI=1S/C27H33N3O4S/c1-5-25(27(32)28-20(2)3)30(18-21-11-7-6-8-12-21)26(31)19-29(4)35(33,34)24-16-15-22-13-9-10-14-23(22)17-24/h6-17,20,25H,5,18-19H2,1-4H3,(H,28,32)/t25-/m0/s1. The van der Waals surface area contributed by atoms with Gasteiger partial charge in [0, 0.05) is 19.6 Å². The van der Waals surface area contributed by atoms with Crippen molar-refractivity contribution in [1.29, 1.82) is 0 Å². The SMILES string of the molecule is CC[C@@H](C(=O)NC(C)C)N(Cc1ccccc1)C(=O)CN(C)S(=O)(=O)c1ccc2ccccc2c1. The summed E-state index contributed by atoms with van der Waals surface area (Å²) in [5.41, 5.74) is 0.858. The fourth-order valence-corrected chi connectivity index (χ4v) is 5.11. The normalized spacial score (nSPS) is 12.6. The van der Waals surface area contributed by atoms with Gasteiger partial charge in [0.15, 0.2) is 0 Å². The van der Waals surface area contributed by atoms with Crippen molar-refractivity contribution in [1.82, 2.24) is 14.5 Å². The summed E-state index contributed by atoms with van der Waals surface area (Å²) >= 11 is 0. The summed E-state index contributed by atoms with van der Waals surface area (Å²) in [6.07, 6.45) is 0.401. The minimum atomic E-state index is -3.92. The van der Waals surface area contributed by atoms with Crippen LogP contribution in [0.15, 0.2) is 77.7 Å². The van der Waals surface area contributed by atoms with E-state index in [1.165, 1.54) is 11.9 Å². The van der Waals surface area contributed by atoms with E-state index in [0.717, 1.165) is 20.6 Å². The monoisotopic (exact) mass is 495 g/mol. The van der Waals surface area contributed by atoms with Gasteiger partial charge in [-0.15, -0.1) is 0 Å². The Morgan fingerprint density at radius 2 is 1.54 bits per heavy atom. The average molecular weight is 496 g/mol. The molecule has 3 aromatic rings. The van der Waals surface area contributed by atoms with Crippen LogP contribution in [-0.2, 0) is 26.2 Å². The molecule has 0 aromatic heterocycles. The zero-order chi connectivity index (χ0) is 25.6. The molecule has 0 bridgehead atoms. The maximum absolute atomic E-state index is 13.5. The van der Waals surface area contributed by atoms with Crippen LogP contribution in [0.1, 0.15) is 32.8 Å². The molecule has 0 fully saturated rings. The van der Waals surface area contributed by atoms with Gasteiger partial charge in [0.05, 0.1) is 11.4 Å². The third-order valence-corrected chi connectivity index (χ3v) is 7.60. The van der Waals surface area contributed by atoms with Crippen molar-refractivity contribution in [3.05, 3.63) is 78.4 Å². The first-order valence-electron chi connectivity index (χ1n) is 11.7. The highest BCUT2D eigenvalue weighted by Crippen LogP contribution is 2.22. The Bertz CT molecular complexity index is 1280. The summed E-state index contributed by atoms with van der Waals surface area (Å²) in [5, 5.41) is 4.61. The van der Waals surface area contributed by atoms with Gasteiger partial charge in [-0.2, -0.15) is 4.31 Å². The van der Waals surface area contributed by atoms with Crippen LogP contribution in [0.25, 0.3) is 10.8 Å². The van der Waals surface area contributed by atoms with Crippen molar-refractivity contribution >= 4 is 32.6 Å². The molecule has 0 saturated heterocycles. The molecule has 0 unspecified atom stereocenters. The van der Waals surface area contributed by atoms with Gasteiger partial charge in [-0.05, 0) is 48.7 Å². The maximum atomic E-state index is 13.5. The number of nitrogens with zero attached hydrogens (tertiary/aromatic N) is 2. The fourth-order valence-electron chi connectivity index (χ4n) is 3.95. The summed E-state index contributed by atoms with van der Waals surface area (Å²) < 4.78 is 27.6. The van der Waals surface area contributed by atoms with Crippen molar-refractivity contribution in [2.45, 2.75) is 50.7 Å². The average Bonchev–Trinajstić information content (AvgIpc) is 2.83. The number of benzene rings is 3. The second-order valence-corrected chi connectivity index (χ2v) is 10.9. The number of nitrogens with one attached hydrogen (secondary N) is 1. The summed E-state index contributed by atoms with van der Waals surface area (Å²) in [6, 6.07) is 21.0. The molecular formula is C27H33N3O4S. The lowest BCUT2D eigenvalue weighted by molar-refractivity contribution is -0.141. The van der Waals surface area contributed by atoms with Crippen LogP contribution in [0.4, 0.5) is 0 Å². The van der Waals surface area contributed by atoms with Crippen molar-refractivity contribution < 1.29 is 18.0 Å². The molecule has 0 heterocycles. The van der Waals surface area contributed by atoms with E-state index < -0.39 is 22.0 Å². The van der Waals surface area contributed by atoms with Crippen LogP contribution >= 0.6 is 0 Å². The number of rotatable bonds is 10. The van der Waals surface area contributed by atoms with Crippen molar-refractivity contribution in [3.63, 3.8) is 0 Å². The van der Waals surface area contributed by atoms with Crippen LogP contribution < -0.4 is 5.32 Å². The minimum Gasteiger partial charge on any atom is -0.352 e. The summed E-state index contributed by atoms with van der Waals surface area (Å²) in [5.74, 6) is -0.696. The molecule has 1 atom stereocenters. The number of hydrogen-bond donors (Lipinski definition) is 1. The van der Waals surface area contributed by atoms with Crippen LogP contribution in [0, 0.1) is 0 Å². The Morgan fingerprint density at radius 1 is 0.914 bits per heavy atom. The molecule has 7 nitrogen and oxygen atoms in total. The van der Waals surface area contributed by atoms with Crippen molar-refractivity contribution in [3.8, 4) is 0 Å². The molecule has 0 aliphatic heterocycles. The molecule has 1 N–H and O–H groups in total. The van der Waals surface area contributed by atoms with Crippen LogP contribution in [0.2, 0.25) is 0 Å². The predicted molar refractivity (Wildman–Crippen MR) is 138 cm³/mol. The molecule has 0 aliphatic rings. The summed E-state index contributed by atoms with van der Waals surface area (Å²) in [4.78, 5) is 28.0. The van der Waals surface area contributed by atoms with Crippen LogP contribution in [0.3, 0.4) is 0 Å². The molecule has 35 heavy (non-hydrogen) atoms. The van der Waals surface area contributed by atoms with Crippen LogP contribution in [-0.4, -0.2) is 55.1 Å². The third kappa shape index (κ3) is 6.46. The lowest BCUT2D eigenvalue weighted by Gasteiger charge is -2.32. The van der Waals surface area contributed by atoms with Gasteiger partial charge in [-0.3, -0.25) is 9.59 Å². The first-order chi connectivity index (χ1) is 16.6. The zero-order valence-corrected chi connectivity index (χ0v) is 21.5. The first kappa shape index (κ1) is 26.4. The highest BCUT2D eigenvalue weighted by atomic mass is 32.2. The molecule has 3 aromatic carbocycles. The summed E-state index contributed by atoms with van der Waals surface area (Å²) in [7, 11) is -2.53. The third-order valence-electron chi connectivity index (χ3n) is 5.80. The Morgan fingerprint density at radius 3 is 2.17 bits per heavy atom. The van der Waals surface area contributed by atoms with Gasteiger partial charge in [0.1, 0.15) is 6.04 Å². The largest absolute Gasteiger partial charge is 0.352 e. The minimum absolute atomic E-state index is 0.0822. The molecule has 2 amide bonds. The number of hydrogen-bond acceptors (Lipinski definition) is 4. The zero-order valence-electron chi connectivity index (χ0n) is 20.6. The lowest BCUT2D eigenvalue weighted by Crippen LogP contribution is -2.52. The molecule has 0 aliphatic carbocycles. The van der Waals surface area contributed by atoms with Gasteiger partial charge in [0.25, 0.3) is 0 Å². The van der Waals surface area contributed by atoms with E-state index in [9.17, 15) is 18.0 Å². The van der Waals surface area contributed by atoms with E-state index >= 15 is 0 Å². The van der Waals surface area contributed by atoms with Gasteiger partial charge in [0.2, 0.25) is 21.8 Å². The van der Waals surface area contributed by atoms with E-state index in [2.05, 4.69) is 5.32 Å². The van der Waals surface area contributed by atoms with E-state index in [1.54, 1.807) is 18.2 Å². The second kappa shape index (κ2) is 11.5. The molecule has 0 radical (unpaired) electrons. The second-order valence-electron chi connectivity index (χ2n) is 8.86. The van der Waals surface area contributed by atoms with Gasteiger partial charge in [-0.1, -0.05) is 67.6 Å². The van der Waals surface area contributed by atoms with E-state index in [0.29, 0.717) is 6.42 Å². The number of carbonyl (C=O) groups is 2. The number of sulfonamides is 1. The molecule has 0 saturated carbocycles. The first-order valence-corrected chi connectivity index (χ1v) is 13.2. The fraction of sp³-hybridized carbons (Fsp3) is 0.333. The highest BCUT2D eigenvalue weighted by molar-refractivity contribution is 7.89. The lowest BCUT2D eigenvalue weighted by atomic mass is 10.1. The van der Waals surface area contributed by atoms with Crippen molar-refractivity contribution in [2.24, 2.45) is 0 Å². The molecular weight excluding hydrogens is 462 g/mol. The number of amides is 2. The topological polar surface area (TPSA) is 86.8 Å². The number of likely N-dealkylation sites (N-methyl/N-ethyl adjacent to an activating group) is 1. The maximum Gasteiger partial charge on any atom is 0.243 e. The molecule has 186 valence electrons. The van der Waals surface area contributed by atoms with Gasteiger partial charge in [-0.25, -0.2) is 8.42 Å². The van der Waals surface area contributed by atoms with E-state index in [-0.39, 0.29) is 29.9 Å². The van der Waals surface area contributed by atoms with Gasteiger partial charge < -0.3 is 10.2 Å². The predicted octanol–water partition coefficient (Wildman–Crippen LogP) is 3.79. The Kier molecular flexibility index (Phi) is 8.64. The van der Waals surface area contributed by atoms with Crippen LogP contribution in [0.5, 0.6) is 0 Å². The van der Waals surface area contributed by atoms with Gasteiger partial charge >= 0.3 is 0 Å². The summed E-state index contributed by atoms with van der Waals surface area (Å²) in [6.45, 7) is 5.38. The molecule has 3 rings (SSSR count).